The highest BCUT2D eigenvalue weighted by Gasteiger charge is 2.14. The van der Waals surface area contributed by atoms with Crippen molar-refractivity contribution in [2.24, 2.45) is 0 Å². The lowest BCUT2D eigenvalue weighted by Crippen LogP contribution is -2.30. The predicted octanol–water partition coefficient (Wildman–Crippen LogP) is 6.42. The molecule has 6 nitrogen and oxygen atoms in total. The zero-order chi connectivity index (χ0) is 28.7. The van der Waals surface area contributed by atoms with Gasteiger partial charge < -0.3 is 26.1 Å². The zero-order valence-electron chi connectivity index (χ0n) is 24.0. The Morgan fingerprint density at radius 2 is 1.70 bits per heavy atom. The van der Waals surface area contributed by atoms with Crippen LogP contribution in [0.25, 0.3) is 11.1 Å². The molecule has 0 aliphatic carbocycles. The van der Waals surface area contributed by atoms with Crippen LogP contribution in [0, 0.1) is 5.41 Å². The molecule has 0 unspecified atom stereocenters. The van der Waals surface area contributed by atoms with Crippen molar-refractivity contribution in [2.45, 2.75) is 33.6 Å². The topological polar surface area (TPSA) is 91.4 Å². The first-order chi connectivity index (χ1) is 19.5. The Balaban J connectivity index is 1.69. The number of nitrogens with one attached hydrogen (secondary N) is 2. The number of nitrogens with two attached hydrogens (primary N) is 1. The van der Waals surface area contributed by atoms with Gasteiger partial charge in [-0.15, -0.1) is 0 Å². The number of amides is 1. The van der Waals surface area contributed by atoms with E-state index in [1.165, 1.54) is 17.4 Å². The lowest BCUT2D eigenvalue weighted by atomic mass is 9.87. The molecule has 0 aliphatic heterocycles. The standard InChI is InChI=1S/C34H42N4O2/c1-4-22-38(6-3)33(39)13-10-20-37-21-23-40-30-17-14-27(15-18-30)34(28-16-19-32(36)29(24-28)25-35)31(5-2)26-11-8-7-9-12-26/h7-19,24-25,35,37H,4-6,20-23,36H2,1-3H3/b13-10+,34-31+,35-25?. The van der Waals surface area contributed by atoms with Crippen LogP contribution in [0.4, 0.5) is 5.69 Å². The normalized spacial score (nSPS) is 11.8. The van der Waals surface area contributed by atoms with Crippen LogP contribution in [-0.2, 0) is 4.79 Å². The van der Waals surface area contributed by atoms with Gasteiger partial charge in [-0.1, -0.05) is 68.5 Å². The molecular formula is C34H42N4O2. The monoisotopic (exact) mass is 538 g/mol. The Morgan fingerprint density at radius 3 is 2.35 bits per heavy atom. The SMILES string of the molecule is CCCN(CC)C(=O)/C=C/CNCCOc1ccc(/C(=C(/CC)c2ccccc2)c2ccc(N)c(C=N)c2)cc1. The zero-order valence-corrected chi connectivity index (χ0v) is 24.0. The van der Waals surface area contributed by atoms with E-state index in [-0.39, 0.29) is 5.91 Å². The first-order valence-corrected chi connectivity index (χ1v) is 14.1. The first-order valence-electron chi connectivity index (χ1n) is 14.1. The lowest BCUT2D eigenvalue weighted by molar-refractivity contribution is -0.125. The van der Waals surface area contributed by atoms with Crippen molar-refractivity contribution in [3.63, 3.8) is 0 Å². The number of hydrogen-bond acceptors (Lipinski definition) is 5. The summed E-state index contributed by atoms with van der Waals surface area (Å²) >= 11 is 0. The molecule has 3 rings (SSSR count). The average molecular weight is 539 g/mol. The number of carbonyl (C=O) groups is 1. The lowest BCUT2D eigenvalue weighted by Gasteiger charge is -2.18. The summed E-state index contributed by atoms with van der Waals surface area (Å²) in [6.07, 6.45) is 6.62. The van der Waals surface area contributed by atoms with Gasteiger partial charge in [0.2, 0.25) is 5.91 Å². The molecular weight excluding hydrogens is 496 g/mol. The quantitative estimate of drug-likeness (QED) is 0.0685. The molecule has 0 spiro atoms. The fourth-order valence-corrected chi connectivity index (χ4v) is 4.64. The summed E-state index contributed by atoms with van der Waals surface area (Å²) in [5.74, 6) is 0.853. The summed E-state index contributed by atoms with van der Waals surface area (Å²) in [5.41, 5.74) is 13.0. The molecule has 210 valence electrons. The van der Waals surface area contributed by atoms with Gasteiger partial charge in [-0.3, -0.25) is 4.79 Å². The third-order valence-electron chi connectivity index (χ3n) is 6.71. The molecule has 6 heteroatoms. The van der Waals surface area contributed by atoms with Crippen molar-refractivity contribution in [1.82, 2.24) is 10.2 Å². The molecule has 40 heavy (non-hydrogen) atoms. The van der Waals surface area contributed by atoms with Crippen molar-refractivity contribution in [1.29, 1.82) is 5.41 Å². The van der Waals surface area contributed by atoms with Crippen molar-refractivity contribution in [3.05, 3.63) is 107 Å². The second-order valence-corrected chi connectivity index (χ2v) is 9.46. The summed E-state index contributed by atoms with van der Waals surface area (Å²) in [4.78, 5) is 14.0. The van der Waals surface area contributed by atoms with Crippen LogP contribution in [0.5, 0.6) is 5.75 Å². The van der Waals surface area contributed by atoms with Crippen molar-refractivity contribution < 1.29 is 9.53 Å². The smallest absolute Gasteiger partial charge is 0.246 e. The fourth-order valence-electron chi connectivity index (χ4n) is 4.64. The summed E-state index contributed by atoms with van der Waals surface area (Å²) in [5, 5.41) is 11.1. The summed E-state index contributed by atoms with van der Waals surface area (Å²) in [6.45, 7) is 9.56. The van der Waals surface area contributed by atoms with Gasteiger partial charge in [0, 0.05) is 49.7 Å². The number of benzene rings is 3. The molecule has 0 heterocycles. The minimum atomic E-state index is 0.0578. The fraction of sp³-hybridized carbons (Fsp3) is 0.294. The Bertz CT molecular complexity index is 1300. The molecule has 0 fully saturated rings. The van der Waals surface area contributed by atoms with E-state index in [9.17, 15) is 4.79 Å². The Hall–Kier alpha value is -4.16. The number of likely N-dealkylation sites (N-methyl/N-ethyl adjacent to an activating group) is 1. The Morgan fingerprint density at radius 1 is 0.975 bits per heavy atom. The van der Waals surface area contributed by atoms with E-state index < -0.39 is 0 Å². The molecule has 1 amide bonds. The van der Waals surface area contributed by atoms with E-state index in [0.717, 1.165) is 48.4 Å². The van der Waals surface area contributed by atoms with Gasteiger partial charge in [-0.2, -0.15) is 0 Å². The van der Waals surface area contributed by atoms with Crippen LogP contribution in [0.15, 0.2) is 84.9 Å². The number of ether oxygens (including phenoxy) is 1. The molecule has 4 N–H and O–H groups in total. The molecule has 0 saturated carbocycles. The second kappa shape index (κ2) is 16.1. The number of hydrogen-bond donors (Lipinski definition) is 3. The van der Waals surface area contributed by atoms with E-state index in [2.05, 4.69) is 55.6 Å². The van der Waals surface area contributed by atoms with Gasteiger partial charge in [0.1, 0.15) is 12.4 Å². The van der Waals surface area contributed by atoms with E-state index in [1.54, 1.807) is 6.08 Å². The van der Waals surface area contributed by atoms with E-state index in [0.29, 0.717) is 30.9 Å². The number of allylic oxidation sites excluding steroid dienone is 1. The van der Waals surface area contributed by atoms with Gasteiger partial charge in [-0.05, 0) is 71.9 Å². The number of nitrogens with zero attached hydrogens (tertiary/aromatic N) is 1. The first kappa shape index (κ1) is 30.4. The number of carbonyl (C=O) groups excluding carboxylic acids is 1. The minimum Gasteiger partial charge on any atom is -0.492 e. The molecule has 0 aliphatic rings. The molecule has 0 radical (unpaired) electrons. The van der Waals surface area contributed by atoms with Crippen molar-refractivity contribution in [2.75, 3.05) is 38.5 Å². The molecule has 0 aromatic heterocycles. The highest BCUT2D eigenvalue weighted by Crippen LogP contribution is 2.35. The molecule has 0 atom stereocenters. The van der Waals surface area contributed by atoms with E-state index in [4.69, 9.17) is 15.9 Å². The van der Waals surface area contributed by atoms with E-state index >= 15 is 0 Å². The second-order valence-electron chi connectivity index (χ2n) is 9.46. The van der Waals surface area contributed by atoms with Crippen LogP contribution in [0.1, 0.15) is 55.9 Å². The summed E-state index contributed by atoms with van der Waals surface area (Å²) in [7, 11) is 0. The van der Waals surface area contributed by atoms with Crippen LogP contribution in [-0.4, -0.2) is 49.8 Å². The number of nitrogen functional groups attached to an aromatic ring is 1. The third-order valence-corrected chi connectivity index (χ3v) is 6.71. The average Bonchev–Trinajstić information content (AvgIpc) is 2.99. The number of anilines is 1. The van der Waals surface area contributed by atoms with Gasteiger partial charge in [0.05, 0.1) is 0 Å². The molecule has 0 bridgehead atoms. The van der Waals surface area contributed by atoms with Gasteiger partial charge in [-0.25, -0.2) is 0 Å². The maximum atomic E-state index is 12.2. The van der Waals surface area contributed by atoms with Crippen molar-refractivity contribution in [3.8, 4) is 5.75 Å². The van der Waals surface area contributed by atoms with Crippen LogP contribution < -0.4 is 15.8 Å². The van der Waals surface area contributed by atoms with E-state index in [1.807, 2.05) is 54.3 Å². The van der Waals surface area contributed by atoms with Gasteiger partial charge in [0.15, 0.2) is 0 Å². The summed E-state index contributed by atoms with van der Waals surface area (Å²) in [6, 6.07) is 24.4. The predicted molar refractivity (Wildman–Crippen MR) is 168 cm³/mol. The highest BCUT2D eigenvalue weighted by atomic mass is 16.5. The Kier molecular flexibility index (Phi) is 12.2. The van der Waals surface area contributed by atoms with Crippen LogP contribution >= 0.6 is 0 Å². The third kappa shape index (κ3) is 8.42. The summed E-state index contributed by atoms with van der Waals surface area (Å²) < 4.78 is 5.96. The molecule has 0 saturated heterocycles. The molecule has 3 aromatic carbocycles. The highest BCUT2D eigenvalue weighted by molar-refractivity contribution is 6.00. The number of rotatable bonds is 15. The maximum Gasteiger partial charge on any atom is 0.246 e. The van der Waals surface area contributed by atoms with Gasteiger partial charge >= 0.3 is 0 Å². The van der Waals surface area contributed by atoms with Crippen LogP contribution in [0.2, 0.25) is 0 Å². The molecule has 3 aromatic rings. The maximum absolute atomic E-state index is 12.2. The van der Waals surface area contributed by atoms with Crippen LogP contribution in [0.3, 0.4) is 0 Å². The largest absolute Gasteiger partial charge is 0.492 e. The van der Waals surface area contributed by atoms with Gasteiger partial charge in [0.25, 0.3) is 0 Å². The minimum absolute atomic E-state index is 0.0578. The Labute approximate surface area is 239 Å². The van der Waals surface area contributed by atoms with Crippen molar-refractivity contribution >= 4 is 29.0 Å².